The summed E-state index contributed by atoms with van der Waals surface area (Å²) in [5, 5.41) is 11.8. The van der Waals surface area contributed by atoms with Gasteiger partial charge in [0.25, 0.3) is 0 Å². The summed E-state index contributed by atoms with van der Waals surface area (Å²) in [4.78, 5) is 10.8. The number of anilines is 1. The molecule has 0 saturated heterocycles. The SMILES string of the molecule is Cc1ccc(C)c(NC(CN)C(=O)O)c1. The molecule has 1 unspecified atom stereocenters. The largest absolute Gasteiger partial charge is 0.480 e. The first-order chi connectivity index (χ1) is 7.04. The average Bonchev–Trinajstić information content (AvgIpc) is 2.18. The van der Waals surface area contributed by atoms with Crippen molar-refractivity contribution in [2.24, 2.45) is 5.73 Å². The topological polar surface area (TPSA) is 75.3 Å². The van der Waals surface area contributed by atoms with Crippen molar-refractivity contribution in [3.63, 3.8) is 0 Å². The minimum atomic E-state index is -0.932. The summed E-state index contributed by atoms with van der Waals surface area (Å²) < 4.78 is 0. The third-order valence-electron chi connectivity index (χ3n) is 2.26. The molecule has 0 radical (unpaired) electrons. The van der Waals surface area contributed by atoms with Crippen LogP contribution in [0, 0.1) is 13.8 Å². The van der Waals surface area contributed by atoms with Crippen molar-refractivity contribution in [1.29, 1.82) is 0 Å². The smallest absolute Gasteiger partial charge is 0.327 e. The third-order valence-corrected chi connectivity index (χ3v) is 2.26. The van der Waals surface area contributed by atoms with Crippen LogP contribution in [0.2, 0.25) is 0 Å². The van der Waals surface area contributed by atoms with Crippen LogP contribution in [0.3, 0.4) is 0 Å². The van der Waals surface area contributed by atoms with E-state index in [1.165, 1.54) is 0 Å². The molecule has 0 aliphatic carbocycles. The first kappa shape index (κ1) is 11.5. The summed E-state index contributed by atoms with van der Waals surface area (Å²) in [6.45, 7) is 3.96. The predicted molar refractivity (Wildman–Crippen MR) is 60.0 cm³/mol. The molecule has 1 aromatic rings. The van der Waals surface area contributed by atoms with E-state index in [1.807, 2.05) is 32.0 Å². The molecule has 4 heteroatoms. The van der Waals surface area contributed by atoms with Gasteiger partial charge in [-0.2, -0.15) is 0 Å². The molecule has 0 aliphatic rings. The first-order valence-corrected chi connectivity index (χ1v) is 4.81. The standard InChI is InChI=1S/C11H16N2O2/c1-7-3-4-8(2)9(5-7)13-10(6-12)11(14)15/h3-5,10,13H,6,12H2,1-2H3,(H,14,15). The van der Waals surface area contributed by atoms with Crippen molar-refractivity contribution < 1.29 is 9.90 Å². The van der Waals surface area contributed by atoms with Crippen molar-refractivity contribution in [1.82, 2.24) is 0 Å². The quantitative estimate of drug-likeness (QED) is 0.693. The Labute approximate surface area is 89.1 Å². The number of aryl methyl sites for hydroxylation is 2. The summed E-state index contributed by atoms with van der Waals surface area (Å²) in [5.41, 5.74) is 8.29. The summed E-state index contributed by atoms with van der Waals surface area (Å²) in [5.74, 6) is -0.932. The van der Waals surface area contributed by atoms with E-state index in [9.17, 15) is 4.79 Å². The van der Waals surface area contributed by atoms with E-state index in [0.717, 1.165) is 16.8 Å². The van der Waals surface area contributed by atoms with Crippen LogP contribution < -0.4 is 11.1 Å². The van der Waals surface area contributed by atoms with E-state index >= 15 is 0 Å². The number of carbonyl (C=O) groups is 1. The maximum absolute atomic E-state index is 10.8. The number of carboxylic acid groups (broad SMARTS) is 1. The van der Waals surface area contributed by atoms with Crippen LogP contribution in [0.15, 0.2) is 18.2 Å². The predicted octanol–water partition coefficient (Wildman–Crippen LogP) is 1.13. The van der Waals surface area contributed by atoms with E-state index in [4.69, 9.17) is 10.8 Å². The van der Waals surface area contributed by atoms with Crippen LogP contribution in [-0.4, -0.2) is 23.7 Å². The Bertz CT molecular complexity index is 364. The van der Waals surface area contributed by atoms with E-state index in [0.29, 0.717) is 0 Å². The molecule has 4 N–H and O–H groups in total. The van der Waals surface area contributed by atoms with Crippen molar-refractivity contribution in [3.05, 3.63) is 29.3 Å². The Balaban J connectivity index is 2.87. The minimum absolute atomic E-state index is 0.0721. The van der Waals surface area contributed by atoms with E-state index in [1.54, 1.807) is 0 Å². The monoisotopic (exact) mass is 208 g/mol. The fourth-order valence-corrected chi connectivity index (χ4v) is 1.30. The van der Waals surface area contributed by atoms with Crippen molar-refractivity contribution in [2.45, 2.75) is 19.9 Å². The molecule has 1 atom stereocenters. The maximum atomic E-state index is 10.8. The molecular formula is C11H16N2O2. The molecule has 15 heavy (non-hydrogen) atoms. The number of rotatable bonds is 4. The molecule has 0 fully saturated rings. The highest BCUT2D eigenvalue weighted by Crippen LogP contribution is 2.17. The van der Waals surface area contributed by atoms with Crippen LogP contribution in [0.5, 0.6) is 0 Å². The molecule has 82 valence electrons. The fourth-order valence-electron chi connectivity index (χ4n) is 1.30. The fraction of sp³-hybridized carbons (Fsp3) is 0.364. The van der Waals surface area contributed by atoms with Crippen molar-refractivity contribution in [3.8, 4) is 0 Å². The highest BCUT2D eigenvalue weighted by molar-refractivity contribution is 5.78. The zero-order valence-electron chi connectivity index (χ0n) is 8.95. The molecule has 0 bridgehead atoms. The maximum Gasteiger partial charge on any atom is 0.327 e. The van der Waals surface area contributed by atoms with E-state index in [-0.39, 0.29) is 6.54 Å². The van der Waals surface area contributed by atoms with Gasteiger partial charge in [-0.05, 0) is 31.0 Å². The molecule has 1 aromatic carbocycles. The van der Waals surface area contributed by atoms with Gasteiger partial charge < -0.3 is 16.2 Å². The molecule has 4 nitrogen and oxygen atoms in total. The number of hydrogen-bond donors (Lipinski definition) is 3. The number of nitrogens with two attached hydrogens (primary N) is 1. The van der Waals surface area contributed by atoms with Gasteiger partial charge in [0.1, 0.15) is 6.04 Å². The highest BCUT2D eigenvalue weighted by Gasteiger charge is 2.15. The lowest BCUT2D eigenvalue weighted by molar-refractivity contribution is -0.137. The van der Waals surface area contributed by atoms with E-state index < -0.39 is 12.0 Å². The lowest BCUT2D eigenvalue weighted by Gasteiger charge is -2.16. The normalized spacial score (nSPS) is 12.2. The number of nitrogens with one attached hydrogen (secondary N) is 1. The van der Waals surface area contributed by atoms with Crippen molar-refractivity contribution >= 4 is 11.7 Å². The van der Waals surface area contributed by atoms with Crippen molar-refractivity contribution in [2.75, 3.05) is 11.9 Å². The van der Waals surface area contributed by atoms with Gasteiger partial charge in [0.2, 0.25) is 0 Å². The van der Waals surface area contributed by atoms with Gasteiger partial charge in [0.15, 0.2) is 0 Å². The Morgan fingerprint density at radius 3 is 2.73 bits per heavy atom. The zero-order chi connectivity index (χ0) is 11.4. The molecule has 0 saturated carbocycles. The van der Waals surface area contributed by atoms with Crippen LogP contribution in [0.4, 0.5) is 5.69 Å². The Morgan fingerprint density at radius 2 is 2.20 bits per heavy atom. The van der Waals surface area contributed by atoms with Gasteiger partial charge in [-0.25, -0.2) is 4.79 Å². The Morgan fingerprint density at radius 1 is 1.53 bits per heavy atom. The first-order valence-electron chi connectivity index (χ1n) is 4.81. The van der Waals surface area contributed by atoms with Crippen LogP contribution in [-0.2, 0) is 4.79 Å². The van der Waals surface area contributed by atoms with Gasteiger partial charge in [-0.1, -0.05) is 12.1 Å². The van der Waals surface area contributed by atoms with Crippen LogP contribution in [0.25, 0.3) is 0 Å². The summed E-state index contributed by atoms with van der Waals surface area (Å²) in [6, 6.07) is 5.12. The van der Waals surface area contributed by atoms with Crippen LogP contribution in [0.1, 0.15) is 11.1 Å². The second kappa shape index (κ2) is 4.79. The number of aliphatic carboxylic acids is 1. The molecule has 0 aliphatic heterocycles. The van der Waals surface area contributed by atoms with Gasteiger partial charge in [-0.15, -0.1) is 0 Å². The van der Waals surface area contributed by atoms with E-state index in [2.05, 4.69) is 5.32 Å². The molecular weight excluding hydrogens is 192 g/mol. The summed E-state index contributed by atoms with van der Waals surface area (Å²) >= 11 is 0. The summed E-state index contributed by atoms with van der Waals surface area (Å²) in [6.07, 6.45) is 0. The third kappa shape index (κ3) is 2.95. The van der Waals surface area contributed by atoms with Gasteiger partial charge in [0, 0.05) is 12.2 Å². The zero-order valence-corrected chi connectivity index (χ0v) is 8.95. The lowest BCUT2D eigenvalue weighted by Crippen LogP contribution is -2.36. The summed E-state index contributed by atoms with van der Waals surface area (Å²) in [7, 11) is 0. The average molecular weight is 208 g/mol. The second-order valence-electron chi connectivity index (χ2n) is 3.59. The molecule has 0 heterocycles. The lowest BCUT2D eigenvalue weighted by atomic mass is 10.1. The van der Waals surface area contributed by atoms with Crippen LogP contribution >= 0.6 is 0 Å². The Kier molecular flexibility index (Phi) is 3.68. The molecule has 0 spiro atoms. The van der Waals surface area contributed by atoms with Gasteiger partial charge in [-0.3, -0.25) is 0 Å². The van der Waals surface area contributed by atoms with Gasteiger partial charge in [0.05, 0.1) is 0 Å². The Hall–Kier alpha value is -1.55. The molecule has 0 amide bonds. The molecule has 0 aromatic heterocycles. The number of benzene rings is 1. The minimum Gasteiger partial charge on any atom is -0.480 e. The highest BCUT2D eigenvalue weighted by atomic mass is 16.4. The van der Waals surface area contributed by atoms with Gasteiger partial charge >= 0.3 is 5.97 Å². The number of hydrogen-bond acceptors (Lipinski definition) is 3. The molecule has 1 rings (SSSR count). The number of carboxylic acids is 1. The second-order valence-corrected chi connectivity index (χ2v) is 3.59.